The predicted molar refractivity (Wildman–Crippen MR) is 66.4 cm³/mol. The van der Waals surface area contributed by atoms with Crippen LogP contribution in [0.1, 0.15) is 26.2 Å². The van der Waals surface area contributed by atoms with E-state index >= 15 is 0 Å². The molecule has 2 atom stereocenters. The van der Waals surface area contributed by atoms with E-state index in [1.807, 2.05) is 6.92 Å². The summed E-state index contributed by atoms with van der Waals surface area (Å²) in [6.07, 6.45) is 3.58. The van der Waals surface area contributed by atoms with Gasteiger partial charge in [-0.2, -0.15) is 0 Å². The first-order valence-corrected chi connectivity index (χ1v) is 7.27. The van der Waals surface area contributed by atoms with Gasteiger partial charge >= 0.3 is 12.0 Å². The van der Waals surface area contributed by atoms with E-state index < -0.39 is 28.8 Å². The van der Waals surface area contributed by atoms with Gasteiger partial charge in [0.1, 0.15) is 6.04 Å². The van der Waals surface area contributed by atoms with E-state index in [1.165, 1.54) is 0 Å². The van der Waals surface area contributed by atoms with Crippen molar-refractivity contribution in [3.63, 3.8) is 0 Å². The van der Waals surface area contributed by atoms with E-state index in [0.29, 0.717) is 12.2 Å². The van der Waals surface area contributed by atoms with Crippen LogP contribution in [0.4, 0.5) is 4.79 Å². The van der Waals surface area contributed by atoms with Crippen LogP contribution in [0, 0.1) is 0 Å². The molecule has 0 radical (unpaired) electrons. The number of aliphatic carboxylic acids is 1. The Balaban J connectivity index is 3.95. The molecule has 17 heavy (non-hydrogen) atoms. The molecule has 0 aromatic heterocycles. The summed E-state index contributed by atoms with van der Waals surface area (Å²) in [5.41, 5.74) is 0. The Morgan fingerprint density at radius 1 is 1.41 bits per heavy atom. The molecule has 7 heteroatoms. The van der Waals surface area contributed by atoms with E-state index in [0.717, 1.165) is 12.8 Å². The number of rotatable bonds is 8. The molecule has 0 saturated carbocycles. The van der Waals surface area contributed by atoms with Crippen molar-refractivity contribution in [3.8, 4) is 0 Å². The Morgan fingerprint density at radius 3 is 2.53 bits per heavy atom. The summed E-state index contributed by atoms with van der Waals surface area (Å²) in [7, 11) is -0.967. The van der Waals surface area contributed by atoms with E-state index in [4.69, 9.17) is 5.11 Å². The maximum Gasteiger partial charge on any atom is 0.326 e. The number of unbranched alkanes of at least 4 members (excludes halogenated alkanes) is 1. The van der Waals surface area contributed by atoms with Gasteiger partial charge < -0.3 is 15.7 Å². The van der Waals surface area contributed by atoms with Gasteiger partial charge in [-0.05, 0) is 6.42 Å². The lowest BCUT2D eigenvalue weighted by Gasteiger charge is -2.14. The van der Waals surface area contributed by atoms with Gasteiger partial charge in [-0.1, -0.05) is 19.8 Å². The summed E-state index contributed by atoms with van der Waals surface area (Å²) in [6.45, 7) is 2.23. The van der Waals surface area contributed by atoms with Crippen molar-refractivity contribution in [2.24, 2.45) is 0 Å². The number of carbonyl (C=O) groups excluding carboxylic acids is 1. The standard InChI is InChI=1S/C10H20N2O4S/c1-3-4-5-8(9(13)14)12-10(15)11-6-7-17(2)16/h8H,3-7H2,1-2H3,(H,13,14)(H2,11,12,15). The van der Waals surface area contributed by atoms with E-state index in [2.05, 4.69) is 10.6 Å². The third kappa shape index (κ3) is 8.67. The zero-order chi connectivity index (χ0) is 13.3. The molecule has 100 valence electrons. The fraction of sp³-hybridized carbons (Fsp3) is 0.800. The van der Waals surface area contributed by atoms with Crippen molar-refractivity contribution in [3.05, 3.63) is 0 Å². The Hall–Kier alpha value is -1.11. The number of carboxylic acids is 1. The normalized spacial score (nSPS) is 13.8. The minimum absolute atomic E-state index is 0.273. The monoisotopic (exact) mass is 264 g/mol. The van der Waals surface area contributed by atoms with Crippen LogP contribution >= 0.6 is 0 Å². The number of nitrogens with one attached hydrogen (secondary N) is 2. The molecule has 0 aliphatic rings. The molecule has 0 spiro atoms. The fourth-order valence-corrected chi connectivity index (χ4v) is 1.57. The van der Waals surface area contributed by atoms with Gasteiger partial charge in [0.15, 0.2) is 0 Å². The highest BCUT2D eigenvalue weighted by molar-refractivity contribution is 7.84. The molecule has 3 N–H and O–H groups in total. The Bertz CT molecular complexity index is 283. The summed E-state index contributed by atoms with van der Waals surface area (Å²) in [5, 5.41) is 13.7. The fourth-order valence-electron chi connectivity index (χ4n) is 1.18. The van der Waals surface area contributed by atoms with Crippen molar-refractivity contribution >= 4 is 22.8 Å². The van der Waals surface area contributed by atoms with Crippen LogP contribution in [0.15, 0.2) is 0 Å². The second kappa shape index (κ2) is 8.98. The van der Waals surface area contributed by atoms with Gasteiger partial charge in [-0.25, -0.2) is 9.59 Å². The molecule has 0 aliphatic heterocycles. The number of hydrogen-bond acceptors (Lipinski definition) is 3. The lowest BCUT2D eigenvalue weighted by atomic mass is 10.1. The van der Waals surface area contributed by atoms with Gasteiger partial charge in [-0.15, -0.1) is 0 Å². The predicted octanol–water partition coefficient (Wildman–Crippen LogP) is 0.308. The highest BCUT2D eigenvalue weighted by Crippen LogP contribution is 2.00. The maximum absolute atomic E-state index is 11.3. The first-order chi connectivity index (χ1) is 7.97. The number of carbonyl (C=O) groups is 2. The van der Waals surface area contributed by atoms with Crippen LogP contribution in [0.25, 0.3) is 0 Å². The summed E-state index contributed by atoms with van der Waals surface area (Å²) in [5.74, 6) is -0.673. The molecule has 0 fully saturated rings. The van der Waals surface area contributed by atoms with E-state index in [9.17, 15) is 13.8 Å². The van der Waals surface area contributed by atoms with Gasteiger partial charge in [-0.3, -0.25) is 4.21 Å². The van der Waals surface area contributed by atoms with Crippen LogP contribution in [0.5, 0.6) is 0 Å². The first-order valence-electron chi connectivity index (χ1n) is 5.54. The second-order valence-electron chi connectivity index (χ2n) is 3.71. The molecule has 0 bridgehead atoms. The largest absolute Gasteiger partial charge is 0.480 e. The van der Waals surface area contributed by atoms with Crippen molar-refractivity contribution < 1.29 is 18.9 Å². The Kier molecular flexibility index (Phi) is 8.39. The number of amides is 2. The van der Waals surface area contributed by atoms with Crippen molar-refractivity contribution in [2.45, 2.75) is 32.2 Å². The van der Waals surface area contributed by atoms with E-state index in [-0.39, 0.29) is 6.54 Å². The van der Waals surface area contributed by atoms with Crippen LogP contribution in [-0.2, 0) is 15.6 Å². The second-order valence-corrected chi connectivity index (χ2v) is 5.27. The minimum atomic E-state index is -1.03. The van der Waals surface area contributed by atoms with Gasteiger partial charge in [0, 0.05) is 29.4 Å². The van der Waals surface area contributed by atoms with Crippen LogP contribution < -0.4 is 10.6 Å². The average Bonchev–Trinajstić information content (AvgIpc) is 2.23. The quantitative estimate of drug-likeness (QED) is 0.588. The first kappa shape index (κ1) is 15.9. The molecule has 0 aliphatic carbocycles. The van der Waals surface area contributed by atoms with E-state index in [1.54, 1.807) is 6.26 Å². The zero-order valence-corrected chi connectivity index (χ0v) is 11.0. The van der Waals surface area contributed by atoms with Crippen molar-refractivity contribution in [2.75, 3.05) is 18.6 Å². The SMILES string of the molecule is CCCCC(NC(=O)NCCS(C)=O)C(=O)O. The Morgan fingerprint density at radius 2 is 2.06 bits per heavy atom. The van der Waals surface area contributed by atoms with Crippen LogP contribution in [-0.4, -0.2) is 45.9 Å². The molecule has 2 unspecified atom stereocenters. The highest BCUT2D eigenvalue weighted by atomic mass is 32.2. The Labute approximate surface area is 104 Å². The lowest BCUT2D eigenvalue weighted by Crippen LogP contribution is -2.46. The molecule has 0 heterocycles. The molecule has 2 amide bonds. The molecule has 0 rings (SSSR count). The molecular formula is C10H20N2O4S. The van der Waals surface area contributed by atoms with Gasteiger partial charge in [0.05, 0.1) is 0 Å². The molecule has 0 saturated heterocycles. The van der Waals surface area contributed by atoms with Crippen molar-refractivity contribution in [1.82, 2.24) is 10.6 Å². The summed E-state index contributed by atoms with van der Waals surface area (Å²) in [4.78, 5) is 22.1. The zero-order valence-electron chi connectivity index (χ0n) is 10.2. The molecule has 6 nitrogen and oxygen atoms in total. The molecular weight excluding hydrogens is 244 g/mol. The molecule has 0 aromatic rings. The van der Waals surface area contributed by atoms with Crippen molar-refractivity contribution in [1.29, 1.82) is 0 Å². The topological polar surface area (TPSA) is 95.5 Å². The average molecular weight is 264 g/mol. The van der Waals surface area contributed by atoms with Crippen LogP contribution in [0.3, 0.4) is 0 Å². The van der Waals surface area contributed by atoms with Crippen LogP contribution in [0.2, 0.25) is 0 Å². The number of urea groups is 1. The van der Waals surface area contributed by atoms with Gasteiger partial charge in [0.2, 0.25) is 0 Å². The maximum atomic E-state index is 11.3. The van der Waals surface area contributed by atoms with Gasteiger partial charge in [0.25, 0.3) is 0 Å². The highest BCUT2D eigenvalue weighted by Gasteiger charge is 2.18. The third-order valence-corrected chi connectivity index (χ3v) is 2.90. The molecule has 0 aromatic carbocycles. The summed E-state index contributed by atoms with van der Waals surface area (Å²) >= 11 is 0. The third-order valence-electron chi connectivity index (χ3n) is 2.12. The smallest absolute Gasteiger partial charge is 0.326 e. The number of hydrogen-bond donors (Lipinski definition) is 3. The number of carboxylic acid groups (broad SMARTS) is 1. The lowest BCUT2D eigenvalue weighted by molar-refractivity contribution is -0.139. The summed E-state index contributed by atoms with van der Waals surface area (Å²) < 4.78 is 10.7. The summed E-state index contributed by atoms with van der Waals surface area (Å²) in [6, 6.07) is -1.39. The minimum Gasteiger partial charge on any atom is -0.480 e.